The number of nitrogens with one attached hydrogen (secondary N) is 1. The molecule has 0 atom stereocenters. The maximum atomic E-state index is 14.3. The van der Waals surface area contributed by atoms with Crippen molar-refractivity contribution < 1.29 is 31.9 Å². The number of amides is 1. The van der Waals surface area contributed by atoms with Crippen LogP contribution in [-0.4, -0.2) is 21.7 Å². The van der Waals surface area contributed by atoms with Crippen molar-refractivity contribution in [2.45, 2.75) is 31.9 Å². The van der Waals surface area contributed by atoms with Crippen LogP contribution in [0.25, 0.3) is 10.3 Å². The van der Waals surface area contributed by atoms with Gasteiger partial charge >= 0.3 is 6.18 Å². The van der Waals surface area contributed by atoms with E-state index in [1.807, 2.05) is 0 Å². The lowest BCUT2D eigenvalue weighted by molar-refractivity contribution is -0.137. The number of carbonyl (C=O) groups excluding carboxylic acids is 2. The van der Waals surface area contributed by atoms with Gasteiger partial charge in [-0.15, -0.1) is 0 Å². The third-order valence-electron chi connectivity index (χ3n) is 5.71. The first-order valence-electron chi connectivity index (χ1n) is 11.4. The molecule has 4 aromatic rings. The van der Waals surface area contributed by atoms with Gasteiger partial charge in [-0.2, -0.15) is 13.2 Å². The van der Waals surface area contributed by atoms with Crippen LogP contribution in [0.3, 0.4) is 0 Å². The van der Waals surface area contributed by atoms with Gasteiger partial charge in [-0.3, -0.25) is 9.59 Å². The summed E-state index contributed by atoms with van der Waals surface area (Å²) in [6.45, 7) is 0. The maximum Gasteiger partial charge on any atom is 0.416 e. The standard InChI is InChI=1S/C26H19F4N3O3S/c27-18-8-7-17(12-20(18)31-22(35)11-14-1-5-16(6-2-14)26(28,29)30)36-23-10-9-19-25(33-23)37-24(32-19)13-21(34)15-3-4-15/h1-2,5-10,12,15H,3-4,11,13H2,(H,31,35). The second-order valence-electron chi connectivity index (χ2n) is 8.66. The Hall–Kier alpha value is -3.86. The molecule has 0 radical (unpaired) electrons. The van der Waals surface area contributed by atoms with E-state index in [0.717, 1.165) is 31.0 Å². The van der Waals surface area contributed by atoms with E-state index in [2.05, 4.69) is 15.3 Å². The molecule has 0 unspecified atom stereocenters. The molecule has 11 heteroatoms. The molecule has 2 aromatic carbocycles. The summed E-state index contributed by atoms with van der Waals surface area (Å²) in [6, 6.07) is 11.3. The zero-order valence-corrected chi connectivity index (χ0v) is 20.0. The summed E-state index contributed by atoms with van der Waals surface area (Å²) < 4.78 is 58.2. The molecule has 6 nitrogen and oxygen atoms in total. The van der Waals surface area contributed by atoms with Gasteiger partial charge in [0.05, 0.1) is 24.1 Å². The van der Waals surface area contributed by atoms with Crippen molar-refractivity contribution in [2.75, 3.05) is 5.32 Å². The van der Waals surface area contributed by atoms with Crippen LogP contribution >= 0.6 is 11.3 Å². The van der Waals surface area contributed by atoms with E-state index in [0.29, 0.717) is 20.9 Å². The molecule has 2 heterocycles. The number of thiazole rings is 1. The van der Waals surface area contributed by atoms with E-state index < -0.39 is 23.5 Å². The number of nitrogens with zero attached hydrogens (tertiary/aromatic N) is 2. The minimum atomic E-state index is -4.47. The van der Waals surface area contributed by atoms with Gasteiger partial charge < -0.3 is 10.1 Å². The molecule has 1 N–H and O–H groups in total. The Morgan fingerprint density at radius 3 is 2.46 bits per heavy atom. The highest BCUT2D eigenvalue weighted by atomic mass is 32.1. The Morgan fingerprint density at radius 1 is 1.00 bits per heavy atom. The van der Waals surface area contributed by atoms with Crippen molar-refractivity contribution >= 4 is 39.1 Å². The second-order valence-corrected chi connectivity index (χ2v) is 9.72. The SMILES string of the molecule is O=C(Cc1ccc(C(F)(F)F)cc1)Nc1cc(Oc2ccc3nc(CC(=O)C4CC4)sc3n2)ccc1F. The van der Waals surface area contributed by atoms with E-state index in [1.54, 1.807) is 12.1 Å². The second kappa shape index (κ2) is 9.89. The Kier molecular flexibility index (Phi) is 6.63. The number of Topliss-reactive ketones (excluding diaryl/α,β-unsaturated/α-hetero) is 1. The number of anilines is 1. The zero-order chi connectivity index (χ0) is 26.2. The summed E-state index contributed by atoms with van der Waals surface area (Å²) in [5.41, 5.74) is 0.0275. The average molecular weight is 530 g/mol. The number of rotatable bonds is 8. The molecule has 1 amide bonds. The van der Waals surface area contributed by atoms with Crippen LogP contribution in [0, 0.1) is 11.7 Å². The molecule has 1 aliphatic carbocycles. The van der Waals surface area contributed by atoms with Gasteiger partial charge in [-0.1, -0.05) is 23.5 Å². The first-order chi connectivity index (χ1) is 17.6. The third kappa shape index (κ3) is 6.11. The predicted octanol–water partition coefficient (Wildman–Crippen LogP) is 6.34. The third-order valence-corrected chi connectivity index (χ3v) is 6.68. The summed E-state index contributed by atoms with van der Waals surface area (Å²) in [5, 5.41) is 3.11. The zero-order valence-electron chi connectivity index (χ0n) is 19.1. The van der Waals surface area contributed by atoms with Crippen LogP contribution in [0.1, 0.15) is 29.0 Å². The van der Waals surface area contributed by atoms with Crippen LogP contribution in [0.15, 0.2) is 54.6 Å². The highest BCUT2D eigenvalue weighted by molar-refractivity contribution is 7.18. The number of hydrogen-bond acceptors (Lipinski definition) is 6. The molecule has 1 fully saturated rings. The smallest absolute Gasteiger partial charge is 0.416 e. The van der Waals surface area contributed by atoms with E-state index in [4.69, 9.17) is 4.74 Å². The topological polar surface area (TPSA) is 81.2 Å². The van der Waals surface area contributed by atoms with Crippen molar-refractivity contribution in [1.82, 2.24) is 9.97 Å². The molecule has 0 aliphatic heterocycles. The first-order valence-corrected chi connectivity index (χ1v) is 12.2. The first kappa shape index (κ1) is 24.8. The number of aromatic nitrogens is 2. The Balaban J connectivity index is 1.25. The highest BCUT2D eigenvalue weighted by Crippen LogP contribution is 2.33. The summed E-state index contributed by atoms with van der Waals surface area (Å²) in [6.07, 6.45) is -2.54. The van der Waals surface area contributed by atoms with Crippen LogP contribution in [0.2, 0.25) is 0 Å². The minimum Gasteiger partial charge on any atom is -0.439 e. The maximum absolute atomic E-state index is 14.3. The van der Waals surface area contributed by atoms with Gasteiger partial charge in [0.25, 0.3) is 0 Å². The fraction of sp³-hybridized carbons (Fsp3) is 0.231. The number of hydrogen-bond donors (Lipinski definition) is 1. The van der Waals surface area contributed by atoms with Gasteiger partial charge in [0.2, 0.25) is 11.8 Å². The molecule has 0 saturated heterocycles. The summed E-state index contributed by atoms with van der Waals surface area (Å²) >= 11 is 1.31. The molecular formula is C26H19F4N3O3S. The molecule has 5 rings (SSSR count). The number of carbonyl (C=O) groups is 2. The monoisotopic (exact) mass is 529 g/mol. The van der Waals surface area contributed by atoms with Gasteiger partial charge in [-0.05, 0) is 48.7 Å². The molecular weight excluding hydrogens is 510 g/mol. The Morgan fingerprint density at radius 2 is 1.76 bits per heavy atom. The van der Waals surface area contributed by atoms with E-state index in [-0.39, 0.29) is 41.9 Å². The molecule has 0 spiro atoms. The number of halogens is 4. The summed E-state index contributed by atoms with van der Waals surface area (Å²) in [4.78, 5) is 33.9. The molecule has 190 valence electrons. The van der Waals surface area contributed by atoms with Gasteiger partial charge in [0, 0.05) is 18.1 Å². The normalized spacial score (nSPS) is 13.5. The van der Waals surface area contributed by atoms with Crippen LogP contribution in [0.4, 0.5) is 23.2 Å². The van der Waals surface area contributed by atoms with Crippen LogP contribution < -0.4 is 10.1 Å². The quantitative estimate of drug-likeness (QED) is 0.269. The fourth-order valence-corrected chi connectivity index (χ4v) is 4.59. The van der Waals surface area contributed by atoms with Gasteiger partial charge in [-0.25, -0.2) is 14.4 Å². The number of benzene rings is 2. The molecule has 37 heavy (non-hydrogen) atoms. The van der Waals surface area contributed by atoms with Crippen LogP contribution in [0.5, 0.6) is 11.6 Å². The Bertz CT molecular complexity index is 1480. The molecule has 2 aromatic heterocycles. The van der Waals surface area contributed by atoms with Crippen molar-refractivity contribution in [3.63, 3.8) is 0 Å². The number of alkyl halides is 3. The van der Waals surface area contributed by atoms with Crippen molar-refractivity contribution in [2.24, 2.45) is 5.92 Å². The highest BCUT2D eigenvalue weighted by Gasteiger charge is 2.30. The molecule has 0 bridgehead atoms. The van der Waals surface area contributed by atoms with E-state index in [9.17, 15) is 27.2 Å². The molecule has 1 saturated carbocycles. The van der Waals surface area contributed by atoms with Gasteiger partial charge in [0.15, 0.2) is 0 Å². The number of ketones is 1. The predicted molar refractivity (Wildman–Crippen MR) is 129 cm³/mol. The minimum absolute atomic E-state index is 0.144. The Labute approximate surface area is 212 Å². The lowest BCUT2D eigenvalue weighted by Crippen LogP contribution is -2.15. The van der Waals surface area contributed by atoms with Crippen LogP contribution in [-0.2, 0) is 28.6 Å². The van der Waals surface area contributed by atoms with Crippen molar-refractivity contribution in [1.29, 1.82) is 0 Å². The molecule has 1 aliphatic rings. The average Bonchev–Trinajstić information content (AvgIpc) is 3.62. The fourth-order valence-electron chi connectivity index (χ4n) is 3.65. The number of fused-ring (bicyclic) bond motifs is 1. The summed E-state index contributed by atoms with van der Waals surface area (Å²) in [7, 11) is 0. The largest absolute Gasteiger partial charge is 0.439 e. The number of ether oxygens (including phenoxy) is 1. The van der Waals surface area contributed by atoms with Crippen molar-refractivity contribution in [3.8, 4) is 11.6 Å². The summed E-state index contributed by atoms with van der Waals surface area (Å²) in [5.74, 6) is -0.523. The van der Waals surface area contributed by atoms with E-state index in [1.165, 1.54) is 35.6 Å². The lowest BCUT2D eigenvalue weighted by atomic mass is 10.1. The number of pyridine rings is 1. The van der Waals surface area contributed by atoms with Gasteiger partial charge in [0.1, 0.15) is 32.7 Å². The van der Waals surface area contributed by atoms with E-state index >= 15 is 0 Å². The van der Waals surface area contributed by atoms with Crippen molar-refractivity contribution in [3.05, 3.63) is 76.5 Å². The lowest BCUT2D eigenvalue weighted by Gasteiger charge is -2.10.